The number of carbonyl (C=O) groups excluding carboxylic acids is 1. The zero-order valence-corrected chi connectivity index (χ0v) is 17.9. The van der Waals surface area contributed by atoms with E-state index in [1.54, 1.807) is 6.20 Å². The molecule has 1 fully saturated rings. The summed E-state index contributed by atoms with van der Waals surface area (Å²) in [5.74, 6) is 0.222. The number of amides is 1. The van der Waals surface area contributed by atoms with E-state index in [-0.39, 0.29) is 17.9 Å². The number of piperazine rings is 1. The van der Waals surface area contributed by atoms with E-state index in [1.807, 2.05) is 10.7 Å². The van der Waals surface area contributed by atoms with Gasteiger partial charge in [0.05, 0.1) is 17.1 Å². The van der Waals surface area contributed by atoms with E-state index in [2.05, 4.69) is 55.0 Å². The summed E-state index contributed by atoms with van der Waals surface area (Å²) >= 11 is 0. The second-order valence-electron chi connectivity index (χ2n) is 8.42. The summed E-state index contributed by atoms with van der Waals surface area (Å²) in [5, 5.41) is 8.40. The van der Waals surface area contributed by atoms with Crippen molar-refractivity contribution in [3.63, 3.8) is 0 Å². The number of aromatic nitrogens is 3. The molecule has 0 aliphatic carbocycles. The van der Waals surface area contributed by atoms with Crippen LogP contribution >= 0.6 is 0 Å². The molecular weight excluding hydrogens is 352 g/mol. The molecule has 0 unspecified atom stereocenters. The standard InChI is InChI=1S/C21H34N6O/c1-15(2)19-13-17(18-14-23-27(16(3)4)20(18)24-19)21(28)22-7-6-8-26-11-9-25(5)10-12-26/h13-16H,6-12H2,1-5H3,(H,22,28). The molecule has 0 saturated carbocycles. The number of hydrogen-bond donors (Lipinski definition) is 1. The van der Waals surface area contributed by atoms with Gasteiger partial charge in [0.2, 0.25) is 0 Å². The molecule has 1 amide bonds. The van der Waals surface area contributed by atoms with Crippen LogP contribution in [0.5, 0.6) is 0 Å². The number of fused-ring (bicyclic) bond motifs is 1. The lowest BCUT2D eigenvalue weighted by Gasteiger charge is -2.32. The Morgan fingerprint density at radius 1 is 1.18 bits per heavy atom. The smallest absolute Gasteiger partial charge is 0.252 e. The number of hydrogen-bond acceptors (Lipinski definition) is 5. The van der Waals surface area contributed by atoms with E-state index in [9.17, 15) is 4.79 Å². The first-order chi connectivity index (χ1) is 13.4. The van der Waals surface area contributed by atoms with Crippen molar-refractivity contribution in [3.05, 3.63) is 23.5 Å². The third kappa shape index (κ3) is 4.70. The van der Waals surface area contributed by atoms with Crippen molar-refractivity contribution in [1.82, 2.24) is 29.9 Å². The second-order valence-corrected chi connectivity index (χ2v) is 8.42. The molecule has 7 heteroatoms. The third-order valence-corrected chi connectivity index (χ3v) is 5.44. The Morgan fingerprint density at radius 3 is 2.54 bits per heavy atom. The van der Waals surface area contributed by atoms with Crippen molar-refractivity contribution in [2.75, 3.05) is 46.3 Å². The predicted octanol–water partition coefficient (Wildman–Crippen LogP) is 2.50. The first-order valence-corrected chi connectivity index (χ1v) is 10.4. The average molecular weight is 387 g/mol. The Balaban J connectivity index is 1.67. The molecule has 2 aromatic heterocycles. The molecule has 28 heavy (non-hydrogen) atoms. The minimum atomic E-state index is -0.0315. The van der Waals surface area contributed by atoms with Crippen molar-refractivity contribution in [2.24, 2.45) is 0 Å². The van der Waals surface area contributed by atoms with E-state index >= 15 is 0 Å². The highest BCUT2D eigenvalue weighted by molar-refractivity contribution is 6.05. The fourth-order valence-electron chi connectivity index (χ4n) is 3.57. The van der Waals surface area contributed by atoms with Crippen LogP contribution in [0.2, 0.25) is 0 Å². The van der Waals surface area contributed by atoms with Crippen LogP contribution in [0.25, 0.3) is 11.0 Å². The Morgan fingerprint density at radius 2 is 1.89 bits per heavy atom. The van der Waals surface area contributed by atoms with Crippen LogP contribution in [-0.2, 0) is 0 Å². The summed E-state index contributed by atoms with van der Waals surface area (Å²) in [5.41, 5.74) is 2.40. The number of likely N-dealkylation sites (N-methyl/N-ethyl adjacent to an activating group) is 1. The first-order valence-electron chi connectivity index (χ1n) is 10.4. The lowest BCUT2D eigenvalue weighted by atomic mass is 10.0. The molecule has 3 rings (SSSR count). The fourth-order valence-corrected chi connectivity index (χ4v) is 3.57. The maximum absolute atomic E-state index is 12.9. The molecule has 0 atom stereocenters. The van der Waals surface area contributed by atoms with Crippen LogP contribution in [0, 0.1) is 0 Å². The van der Waals surface area contributed by atoms with Gasteiger partial charge in [-0.1, -0.05) is 13.8 Å². The minimum absolute atomic E-state index is 0.0315. The zero-order chi connectivity index (χ0) is 20.3. The molecule has 1 N–H and O–H groups in total. The van der Waals surface area contributed by atoms with E-state index in [4.69, 9.17) is 4.98 Å². The first kappa shape index (κ1) is 20.7. The van der Waals surface area contributed by atoms with Gasteiger partial charge in [-0.2, -0.15) is 5.10 Å². The van der Waals surface area contributed by atoms with Crippen LogP contribution in [0.4, 0.5) is 0 Å². The Kier molecular flexibility index (Phi) is 6.67. The van der Waals surface area contributed by atoms with Gasteiger partial charge in [-0.15, -0.1) is 0 Å². The molecule has 0 spiro atoms. The predicted molar refractivity (Wildman–Crippen MR) is 113 cm³/mol. The number of nitrogens with zero attached hydrogens (tertiary/aromatic N) is 5. The van der Waals surface area contributed by atoms with Gasteiger partial charge in [0.1, 0.15) is 0 Å². The van der Waals surface area contributed by atoms with E-state index < -0.39 is 0 Å². The van der Waals surface area contributed by atoms with Gasteiger partial charge in [0.25, 0.3) is 5.91 Å². The molecule has 0 radical (unpaired) electrons. The average Bonchev–Trinajstić information content (AvgIpc) is 3.10. The summed E-state index contributed by atoms with van der Waals surface area (Å²) in [4.78, 5) is 22.5. The highest BCUT2D eigenvalue weighted by atomic mass is 16.1. The van der Waals surface area contributed by atoms with Gasteiger partial charge in [-0.3, -0.25) is 4.79 Å². The SMILES string of the molecule is CC(C)c1cc(C(=O)NCCCN2CCN(C)CC2)c2cnn(C(C)C)c2n1. The normalized spacial score (nSPS) is 16.4. The van der Waals surface area contributed by atoms with Crippen LogP contribution in [-0.4, -0.2) is 76.8 Å². The molecule has 1 aliphatic rings. The number of nitrogens with one attached hydrogen (secondary N) is 1. The summed E-state index contributed by atoms with van der Waals surface area (Å²) in [6.45, 7) is 14.5. The Labute approximate surface area is 168 Å². The summed E-state index contributed by atoms with van der Waals surface area (Å²) in [7, 11) is 2.17. The number of rotatable bonds is 7. The molecule has 154 valence electrons. The lowest BCUT2D eigenvalue weighted by molar-refractivity contribution is 0.0951. The minimum Gasteiger partial charge on any atom is -0.352 e. The molecule has 1 saturated heterocycles. The Hall–Kier alpha value is -1.99. The van der Waals surface area contributed by atoms with E-state index in [0.717, 1.165) is 55.9 Å². The van der Waals surface area contributed by atoms with Crippen LogP contribution in [0.1, 0.15) is 62.1 Å². The van der Waals surface area contributed by atoms with Gasteiger partial charge in [-0.05, 0) is 45.8 Å². The zero-order valence-electron chi connectivity index (χ0n) is 17.9. The third-order valence-electron chi connectivity index (χ3n) is 5.44. The number of pyridine rings is 1. The van der Waals surface area contributed by atoms with Gasteiger partial charge in [-0.25, -0.2) is 9.67 Å². The van der Waals surface area contributed by atoms with Crippen molar-refractivity contribution in [2.45, 2.75) is 46.1 Å². The second kappa shape index (κ2) is 9.01. The van der Waals surface area contributed by atoms with Gasteiger partial charge >= 0.3 is 0 Å². The van der Waals surface area contributed by atoms with Crippen molar-refractivity contribution in [1.29, 1.82) is 0 Å². The molecule has 7 nitrogen and oxygen atoms in total. The molecule has 0 aromatic carbocycles. The van der Waals surface area contributed by atoms with E-state index in [1.165, 1.54) is 0 Å². The fraction of sp³-hybridized carbons (Fsp3) is 0.667. The maximum Gasteiger partial charge on any atom is 0.252 e. The monoisotopic (exact) mass is 386 g/mol. The van der Waals surface area contributed by atoms with Gasteiger partial charge < -0.3 is 15.1 Å². The van der Waals surface area contributed by atoms with Crippen LogP contribution < -0.4 is 5.32 Å². The van der Waals surface area contributed by atoms with Crippen LogP contribution in [0.15, 0.2) is 12.3 Å². The Bertz CT molecular complexity index is 805. The maximum atomic E-state index is 12.9. The van der Waals surface area contributed by atoms with Crippen molar-refractivity contribution >= 4 is 16.9 Å². The molecule has 1 aliphatic heterocycles. The summed E-state index contributed by atoms with van der Waals surface area (Å²) < 4.78 is 1.89. The van der Waals surface area contributed by atoms with Crippen LogP contribution in [0.3, 0.4) is 0 Å². The molecule has 0 bridgehead atoms. The van der Waals surface area contributed by atoms with Crippen molar-refractivity contribution in [3.8, 4) is 0 Å². The quantitative estimate of drug-likeness (QED) is 0.741. The number of carbonyl (C=O) groups is 1. The molecular formula is C21H34N6O. The summed E-state index contributed by atoms with van der Waals surface area (Å²) in [6, 6.07) is 2.13. The largest absolute Gasteiger partial charge is 0.352 e. The van der Waals surface area contributed by atoms with E-state index in [0.29, 0.717) is 12.1 Å². The summed E-state index contributed by atoms with van der Waals surface area (Å²) in [6.07, 6.45) is 2.73. The topological polar surface area (TPSA) is 66.3 Å². The van der Waals surface area contributed by atoms with Gasteiger partial charge in [0, 0.05) is 44.5 Å². The highest BCUT2D eigenvalue weighted by Crippen LogP contribution is 2.24. The molecule has 3 heterocycles. The highest BCUT2D eigenvalue weighted by Gasteiger charge is 2.19. The lowest BCUT2D eigenvalue weighted by Crippen LogP contribution is -2.45. The molecule has 2 aromatic rings. The van der Waals surface area contributed by atoms with Crippen molar-refractivity contribution < 1.29 is 4.79 Å². The van der Waals surface area contributed by atoms with Gasteiger partial charge in [0.15, 0.2) is 5.65 Å².